The van der Waals surface area contributed by atoms with Crippen molar-refractivity contribution in [3.05, 3.63) is 101 Å². The number of halogens is 4. The van der Waals surface area contributed by atoms with Crippen molar-refractivity contribution in [1.82, 2.24) is 3.97 Å². The second-order valence-electron chi connectivity index (χ2n) is 7.31. The van der Waals surface area contributed by atoms with Gasteiger partial charge in [-0.3, -0.25) is 0 Å². The second-order valence-corrected chi connectivity index (χ2v) is 9.10. The molecule has 4 aromatic rings. The largest absolute Gasteiger partial charge is 0.478 e. The summed E-state index contributed by atoms with van der Waals surface area (Å²) in [6.07, 6.45) is -4.62. The van der Waals surface area contributed by atoms with E-state index in [1.807, 2.05) is 0 Å². The fourth-order valence-electron chi connectivity index (χ4n) is 3.52. The predicted octanol–water partition coefficient (Wildman–Crippen LogP) is 5.33. The van der Waals surface area contributed by atoms with Crippen LogP contribution in [-0.4, -0.2) is 23.5 Å². The molecule has 5 nitrogen and oxygen atoms in total. The highest BCUT2D eigenvalue weighted by molar-refractivity contribution is 7.90. The van der Waals surface area contributed by atoms with Crippen LogP contribution >= 0.6 is 0 Å². The zero-order chi connectivity index (χ0) is 24.0. The van der Waals surface area contributed by atoms with E-state index in [9.17, 15) is 30.8 Å². The Morgan fingerprint density at radius 1 is 0.909 bits per heavy atom. The zero-order valence-corrected chi connectivity index (χ0v) is 17.5. The van der Waals surface area contributed by atoms with Gasteiger partial charge in [-0.05, 0) is 66.2 Å². The van der Waals surface area contributed by atoms with Gasteiger partial charge in [-0.2, -0.15) is 13.2 Å². The first-order chi connectivity index (χ1) is 15.5. The van der Waals surface area contributed by atoms with Crippen molar-refractivity contribution in [3.63, 3.8) is 0 Å². The van der Waals surface area contributed by atoms with Gasteiger partial charge in [0.1, 0.15) is 5.82 Å². The van der Waals surface area contributed by atoms with Crippen molar-refractivity contribution >= 4 is 26.9 Å². The number of carboxylic acids is 1. The van der Waals surface area contributed by atoms with Gasteiger partial charge in [0, 0.05) is 17.5 Å². The summed E-state index contributed by atoms with van der Waals surface area (Å²) in [6, 6.07) is 13.9. The van der Waals surface area contributed by atoms with Crippen molar-refractivity contribution in [2.24, 2.45) is 0 Å². The third-order valence-electron chi connectivity index (χ3n) is 5.09. The van der Waals surface area contributed by atoms with E-state index >= 15 is 0 Å². The molecule has 0 aliphatic rings. The highest BCUT2D eigenvalue weighted by atomic mass is 32.2. The molecule has 1 heterocycles. The fourth-order valence-corrected chi connectivity index (χ4v) is 5.06. The number of aromatic carboxylic acids is 1. The van der Waals surface area contributed by atoms with Crippen LogP contribution in [0, 0.1) is 5.82 Å². The molecular weight excluding hydrogens is 462 g/mol. The summed E-state index contributed by atoms with van der Waals surface area (Å²) in [7, 11) is -4.29. The summed E-state index contributed by atoms with van der Waals surface area (Å²) < 4.78 is 80.7. The predicted molar refractivity (Wildman–Crippen MR) is 112 cm³/mol. The molecule has 0 aliphatic carbocycles. The highest BCUT2D eigenvalue weighted by Gasteiger charge is 2.32. The summed E-state index contributed by atoms with van der Waals surface area (Å²) in [5, 5.41) is 9.11. The first-order valence-corrected chi connectivity index (χ1v) is 11.0. The SMILES string of the molecule is O=C(O)c1ccc(Cc2cc3cc(C(F)(F)F)ccc3n2S(=O)(=O)c2ccc(F)cc2)cc1. The molecule has 33 heavy (non-hydrogen) atoms. The van der Waals surface area contributed by atoms with Crippen LogP contribution in [0.15, 0.2) is 77.7 Å². The monoisotopic (exact) mass is 477 g/mol. The van der Waals surface area contributed by atoms with Gasteiger partial charge < -0.3 is 5.11 Å². The second kappa shape index (κ2) is 8.04. The molecule has 0 fully saturated rings. The maximum Gasteiger partial charge on any atom is 0.416 e. The standard InChI is InChI=1S/C23H15F4NO4S/c24-18-6-8-20(9-7-18)33(31,32)28-19(11-14-1-3-15(4-2-14)22(29)30)13-16-12-17(23(25,26)27)5-10-21(16)28/h1-10,12-13H,11H2,(H,29,30). The Morgan fingerprint density at radius 3 is 2.12 bits per heavy atom. The average molecular weight is 477 g/mol. The van der Waals surface area contributed by atoms with Crippen LogP contribution < -0.4 is 0 Å². The lowest BCUT2D eigenvalue weighted by Gasteiger charge is -2.13. The number of aromatic nitrogens is 1. The van der Waals surface area contributed by atoms with Gasteiger partial charge in [0.15, 0.2) is 0 Å². The van der Waals surface area contributed by atoms with E-state index < -0.39 is 33.5 Å². The van der Waals surface area contributed by atoms with E-state index in [0.29, 0.717) is 5.56 Å². The molecule has 0 radical (unpaired) electrons. The van der Waals surface area contributed by atoms with Crippen LogP contribution in [0.3, 0.4) is 0 Å². The summed E-state index contributed by atoms with van der Waals surface area (Å²) in [5.74, 6) is -1.77. The molecule has 4 rings (SSSR count). The summed E-state index contributed by atoms with van der Waals surface area (Å²) in [4.78, 5) is 10.8. The van der Waals surface area contributed by atoms with E-state index in [1.165, 1.54) is 30.3 Å². The third-order valence-corrected chi connectivity index (χ3v) is 6.87. The Bertz CT molecular complexity index is 1460. The Labute approximate surface area is 185 Å². The molecule has 0 spiro atoms. The molecule has 0 saturated carbocycles. The summed E-state index contributed by atoms with van der Waals surface area (Å²) in [6.45, 7) is 0. The van der Waals surface area contributed by atoms with Gasteiger partial charge >= 0.3 is 12.1 Å². The number of hydrogen-bond donors (Lipinski definition) is 1. The van der Waals surface area contributed by atoms with Crippen LogP contribution in [0.1, 0.15) is 27.2 Å². The Balaban J connectivity index is 1.90. The quantitative estimate of drug-likeness (QED) is 0.395. The number of rotatable bonds is 5. The van der Waals surface area contributed by atoms with E-state index in [1.54, 1.807) is 0 Å². The van der Waals surface area contributed by atoms with Crippen LogP contribution in [0.25, 0.3) is 10.9 Å². The van der Waals surface area contributed by atoms with Crippen molar-refractivity contribution in [3.8, 4) is 0 Å². The maximum absolute atomic E-state index is 13.4. The minimum Gasteiger partial charge on any atom is -0.478 e. The van der Waals surface area contributed by atoms with E-state index in [0.717, 1.165) is 46.4 Å². The smallest absolute Gasteiger partial charge is 0.416 e. The van der Waals surface area contributed by atoms with E-state index in [2.05, 4.69) is 0 Å². The average Bonchev–Trinajstić information content (AvgIpc) is 3.11. The molecule has 0 saturated heterocycles. The van der Waals surface area contributed by atoms with Crippen molar-refractivity contribution < 1.29 is 35.9 Å². The lowest BCUT2D eigenvalue weighted by Crippen LogP contribution is -2.16. The zero-order valence-electron chi connectivity index (χ0n) is 16.7. The molecule has 0 bridgehead atoms. The van der Waals surface area contributed by atoms with Crippen molar-refractivity contribution in [2.45, 2.75) is 17.5 Å². The van der Waals surface area contributed by atoms with Gasteiger partial charge in [0.2, 0.25) is 0 Å². The molecule has 0 atom stereocenters. The summed E-state index contributed by atoms with van der Waals surface area (Å²) >= 11 is 0. The number of benzene rings is 3. The summed E-state index contributed by atoms with van der Waals surface area (Å²) in [5.41, 5.74) is -0.146. The van der Waals surface area contributed by atoms with Crippen LogP contribution in [0.5, 0.6) is 0 Å². The number of nitrogens with zero attached hydrogens (tertiary/aromatic N) is 1. The molecule has 0 unspecified atom stereocenters. The number of alkyl halides is 3. The number of fused-ring (bicyclic) bond motifs is 1. The first kappa shape index (κ1) is 22.5. The normalized spacial score (nSPS) is 12.2. The molecule has 1 aromatic heterocycles. The molecule has 3 aromatic carbocycles. The Hall–Kier alpha value is -3.66. The van der Waals surface area contributed by atoms with Gasteiger partial charge in [-0.1, -0.05) is 12.1 Å². The Morgan fingerprint density at radius 2 is 1.55 bits per heavy atom. The van der Waals surface area contributed by atoms with Gasteiger partial charge in [-0.15, -0.1) is 0 Å². The van der Waals surface area contributed by atoms with Crippen LogP contribution in [0.4, 0.5) is 17.6 Å². The number of carbonyl (C=O) groups is 1. The minimum atomic E-state index is -4.61. The molecule has 1 N–H and O–H groups in total. The topological polar surface area (TPSA) is 76.4 Å². The van der Waals surface area contributed by atoms with Gasteiger partial charge in [-0.25, -0.2) is 21.6 Å². The number of hydrogen-bond acceptors (Lipinski definition) is 3. The molecule has 170 valence electrons. The number of carboxylic acid groups (broad SMARTS) is 1. The van der Waals surface area contributed by atoms with Crippen molar-refractivity contribution in [2.75, 3.05) is 0 Å². The fraction of sp³-hybridized carbons (Fsp3) is 0.0870. The van der Waals surface area contributed by atoms with Gasteiger partial charge in [0.05, 0.1) is 21.5 Å². The lowest BCUT2D eigenvalue weighted by molar-refractivity contribution is -0.137. The third kappa shape index (κ3) is 4.34. The van der Waals surface area contributed by atoms with E-state index in [4.69, 9.17) is 5.11 Å². The minimum absolute atomic E-state index is 0.00362. The maximum atomic E-state index is 13.4. The first-order valence-electron chi connectivity index (χ1n) is 9.52. The lowest BCUT2D eigenvalue weighted by atomic mass is 10.1. The molecule has 10 heteroatoms. The van der Waals surface area contributed by atoms with Gasteiger partial charge in [0.25, 0.3) is 10.0 Å². The van der Waals surface area contributed by atoms with E-state index in [-0.39, 0.29) is 33.5 Å². The molecule has 0 aliphatic heterocycles. The van der Waals surface area contributed by atoms with Crippen LogP contribution in [0.2, 0.25) is 0 Å². The molecule has 0 amide bonds. The van der Waals surface area contributed by atoms with Crippen molar-refractivity contribution in [1.29, 1.82) is 0 Å². The van der Waals surface area contributed by atoms with Crippen LogP contribution in [-0.2, 0) is 22.6 Å². The molecular formula is C23H15F4NO4S. The Kier molecular flexibility index (Phi) is 5.49. The highest BCUT2D eigenvalue weighted by Crippen LogP contribution is 2.34.